The Morgan fingerprint density at radius 3 is 2.79 bits per heavy atom. The van der Waals surface area contributed by atoms with E-state index in [2.05, 4.69) is 5.16 Å². The maximum Gasteiger partial charge on any atom is 0.157 e. The van der Waals surface area contributed by atoms with Gasteiger partial charge in [0.2, 0.25) is 0 Å². The Balaban J connectivity index is 2.55. The standard InChI is InChI=1S/C10H10N2O2/c1-6-9(11)10(12-14-6)7-3-2-4-8(13)5-7/h2-5,13H,11H2,1H3. The molecule has 0 aliphatic rings. The number of phenols is 1. The molecule has 0 saturated carbocycles. The van der Waals surface area contributed by atoms with Crippen LogP contribution in [0.2, 0.25) is 0 Å². The molecule has 0 unspecified atom stereocenters. The van der Waals surface area contributed by atoms with Crippen molar-refractivity contribution in [3.05, 3.63) is 30.0 Å². The molecule has 0 fully saturated rings. The van der Waals surface area contributed by atoms with Gasteiger partial charge in [0.15, 0.2) is 5.76 Å². The van der Waals surface area contributed by atoms with Crippen molar-refractivity contribution < 1.29 is 9.63 Å². The van der Waals surface area contributed by atoms with Gasteiger partial charge in [0.05, 0.1) is 0 Å². The SMILES string of the molecule is Cc1onc(-c2cccc(O)c2)c1N. The van der Waals surface area contributed by atoms with E-state index in [1.54, 1.807) is 25.1 Å². The van der Waals surface area contributed by atoms with Gasteiger partial charge in [-0.05, 0) is 19.1 Å². The third-order valence-electron chi connectivity index (χ3n) is 2.03. The topological polar surface area (TPSA) is 72.3 Å². The van der Waals surface area contributed by atoms with E-state index >= 15 is 0 Å². The van der Waals surface area contributed by atoms with Crippen LogP contribution in [-0.4, -0.2) is 10.3 Å². The summed E-state index contributed by atoms with van der Waals surface area (Å²) in [6.07, 6.45) is 0. The first-order chi connectivity index (χ1) is 6.68. The quantitative estimate of drug-likeness (QED) is 0.720. The average molecular weight is 190 g/mol. The second-order valence-electron chi connectivity index (χ2n) is 3.05. The Kier molecular flexibility index (Phi) is 1.89. The number of nitrogen functional groups attached to an aromatic ring is 1. The van der Waals surface area contributed by atoms with E-state index in [1.807, 2.05) is 6.07 Å². The van der Waals surface area contributed by atoms with Gasteiger partial charge in [-0.2, -0.15) is 0 Å². The average Bonchev–Trinajstić information content (AvgIpc) is 2.48. The monoisotopic (exact) mass is 190 g/mol. The zero-order chi connectivity index (χ0) is 10.1. The normalized spacial score (nSPS) is 10.4. The molecular weight excluding hydrogens is 180 g/mol. The number of hydrogen-bond donors (Lipinski definition) is 2. The Hall–Kier alpha value is -1.97. The first-order valence-corrected chi connectivity index (χ1v) is 4.19. The number of anilines is 1. The smallest absolute Gasteiger partial charge is 0.157 e. The number of nitrogens with zero attached hydrogens (tertiary/aromatic N) is 1. The van der Waals surface area contributed by atoms with E-state index in [4.69, 9.17) is 10.3 Å². The Morgan fingerprint density at radius 2 is 2.21 bits per heavy atom. The first kappa shape index (κ1) is 8.62. The molecule has 0 amide bonds. The molecule has 4 heteroatoms. The lowest BCUT2D eigenvalue weighted by atomic mass is 10.1. The number of phenolic OH excluding ortho intramolecular Hbond substituents is 1. The third kappa shape index (κ3) is 1.31. The number of nitrogens with two attached hydrogens (primary N) is 1. The van der Waals surface area contributed by atoms with Crippen LogP contribution in [0.25, 0.3) is 11.3 Å². The second kappa shape index (κ2) is 3.06. The molecule has 0 spiro atoms. The number of aromatic nitrogens is 1. The van der Waals surface area contributed by atoms with E-state index in [0.717, 1.165) is 5.56 Å². The lowest BCUT2D eigenvalue weighted by Gasteiger charge is -1.97. The number of benzene rings is 1. The highest BCUT2D eigenvalue weighted by Crippen LogP contribution is 2.28. The molecule has 1 aromatic heterocycles. The predicted molar refractivity (Wildman–Crippen MR) is 52.8 cm³/mol. The number of aromatic hydroxyl groups is 1. The summed E-state index contributed by atoms with van der Waals surface area (Å²) >= 11 is 0. The van der Waals surface area contributed by atoms with Gasteiger partial charge >= 0.3 is 0 Å². The number of rotatable bonds is 1. The van der Waals surface area contributed by atoms with Crippen LogP contribution < -0.4 is 5.73 Å². The van der Waals surface area contributed by atoms with Gasteiger partial charge in [-0.15, -0.1) is 0 Å². The van der Waals surface area contributed by atoms with Gasteiger partial charge in [0, 0.05) is 5.56 Å². The summed E-state index contributed by atoms with van der Waals surface area (Å²) in [5.74, 6) is 0.769. The van der Waals surface area contributed by atoms with Crippen LogP contribution in [0.3, 0.4) is 0 Å². The van der Waals surface area contributed by atoms with E-state index < -0.39 is 0 Å². The van der Waals surface area contributed by atoms with Gasteiger partial charge in [0.25, 0.3) is 0 Å². The Morgan fingerprint density at radius 1 is 1.43 bits per heavy atom. The predicted octanol–water partition coefficient (Wildman–Crippen LogP) is 1.94. The molecule has 14 heavy (non-hydrogen) atoms. The van der Waals surface area contributed by atoms with Crippen LogP contribution in [0.15, 0.2) is 28.8 Å². The van der Waals surface area contributed by atoms with Crippen molar-refractivity contribution in [1.29, 1.82) is 0 Å². The summed E-state index contributed by atoms with van der Waals surface area (Å²) < 4.78 is 4.93. The lowest BCUT2D eigenvalue weighted by Crippen LogP contribution is -1.88. The Labute approximate surface area is 81.0 Å². The number of aryl methyl sites for hydroxylation is 1. The fourth-order valence-electron chi connectivity index (χ4n) is 1.24. The first-order valence-electron chi connectivity index (χ1n) is 4.19. The highest BCUT2D eigenvalue weighted by molar-refractivity contribution is 5.73. The summed E-state index contributed by atoms with van der Waals surface area (Å²) in [6.45, 7) is 1.74. The third-order valence-corrected chi connectivity index (χ3v) is 2.03. The molecule has 1 heterocycles. The van der Waals surface area contributed by atoms with E-state index in [0.29, 0.717) is 17.1 Å². The van der Waals surface area contributed by atoms with Gasteiger partial charge < -0.3 is 15.4 Å². The zero-order valence-corrected chi connectivity index (χ0v) is 7.69. The van der Waals surface area contributed by atoms with Crippen LogP contribution in [-0.2, 0) is 0 Å². The fourth-order valence-corrected chi connectivity index (χ4v) is 1.24. The van der Waals surface area contributed by atoms with Crippen LogP contribution in [0.4, 0.5) is 5.69 Å². The number of hydrogen-bond acceptors (Lipinski definition) is 4. The summed E-state index contributed by atoms with van der Waals surface area (Å²) in [5.41, 5.74) is 7.57. The van der Waals surface area contributed by atoms with Crippen molar-refractivity contribution in [2.75, 3.05) is 5.73 Å². The van der Waals surface area contributed by atoms with Crippen LogP contribution in [0.1, 0.15) is 5.76 Å². The molecule has 2 rings (SSSR count). The van der Waals surface area contributed by atoms with Crippen molar-refractivity contribution in [3.8, 4) is 17.0 Å². The molecule has 0 saturated heterocycles. The van der Waals surface area contributed by atoms with E-state index in [1.165, 1.54) is 0 Å². The lowest BCUT2D eigenvalue weighted by molar-refractivity contribution is 0.400. The van der Waals surface area contributed by atoms with Crippen molar-refractivity contribution in [2.45, 2.75) is 6.92 Å². The molecule has 0 aliphatic heterocycles. The van der Waals surface area contributed by atoms with Gasteiger partial charge in [-0.1, -0.05) is 17.3 Å². The minimum atomic E-state index is 0.183. The largest absolute Gasteiger partial charge is 0.508 e. The zero-order valence-electron chi connectivity index (χ0n) is 7.69. The molecule has 0 bridgehead atoms. The summed E-state index contributed by atoms with van der Waals surface area (Å²) in [4.78, 5) is 0. The summed E-state index contributed by atoms with van der Waals surface area (Å²) in [5, 5.41) is 13.1. The van der Waals surface area contributed by atoms with Crippen molar-refractivity contribution >= 4 is 5.69 Å². The highest BCUT2D eigenvalue weighted by Gasteiger charge is 2.11. The van der Waals surface area contributed by atoms with Crippen molar-refractivity contribution in [1.82, 2.24) is 5.16 Å². The van der Waals surface area contributed by atoms with Crippen LogP contribution >= 0.6 is 0 Å². The van der Waals surface area contributed by atoms with Gasteiger partial charge in [-0.3, -0.25) is 0 Å². The fraction of sp³-hybridized carbons (Fsp3) is 0.100. The van der Waals surface area contributed by atoms with Gasteiger partial charge in [-0.25, -0.2) is 0 Å². The maximum absolute atomic E-state index is 9.27. The summed E-state index contributed by atoms with van der Waals surface area (Å²) in [7, 11) is 0. The highest BCUT2D eigenvalue weighted by atomic mass is 16.5. The second-order valence-corrected chi connectivity index (χ2v) is 3.05. The van der Waals surface area contributed by atoms with Crippen LogP contribution in [0, 0.1) is 6.92 Å². The van der Waals surface area contributed by atoms with Gasteiger partial charge in [0.1, 0.15) is 17.1 Å². The molecule has 2 aromatic rings. The van der Waals surface area contributed by atoms with E-state index in [9.17, 15) is 5.11 Å². The Bertz CT molecular complexity index is 463. The van der Waals surface area contributed by atoms with Crippen molar-refractivity contribution in [3.63, 3.8) is 0 Å². The molecule has 72 valence electrons. The minimum Gasteiger partial charge on any atom is -0.508 e. The molecule has 1 aromatic carbocycles. The summed E-state index contributed by atoms with van der Waals surface area (Å²) in [6, 6.07) is 6.72. The van der Waals surface area contributed by atoms with E-state index in [-0.39, 0.29) is 5.75 Å². The molecule has 3 N–H and O–H groups in total. The maximum atomic E-state index is 9.27. The molecule has 0 radical (unpaired) electrons. The van der Waals surface area contributed by atoms with Crippen molar-refractivity contribution in [2.24, 2.45) is 0 Å². The van der Waals surface area contributed by atoms with Crippen LogP contribution in [0.5, 0.6) is 5.75 Å². The molecule has 4 nitrogen and oxygen atoms in total. The molecule has 0 aliphatic carbocycles. The molecule has 0 atom stereocenters. The molecular formula is C10H10N2O2. The minimum absolute atomic E-state index is 0.183.